The second-order valence-electron chi connectivity index (χ2n) is 6.45. The maximum atomic E-state index is 13.1. The van der Waals surface area contributed by atoms with Crippen molar-refractivity contribution < 1.29 is 17.9 Å². The van der Waals surface area contributed by atoms with Crippen molar-refractivity contribution in [2.75, 3.05) is 18.5 Å². The number of H-pyrrole nitrogens is 1. The van der Waals surface area contributed by atoms with Gasteiger partial charge in [-0.2, -0.15) is 13.2 Å². The number of pyridine rings is 1. The zero-order valence-corrected chi connectivity index (χ0v) is 14.6. The fraction of sp³-hybridized carbons (Fsp3) is 0.389. The highest BCUT2D eigenvalue weighted by atomic mass is 19.4. The maximum absolute atomic E-state index is 13.1. The first-order valence-electron chi connectivity index (χ1n) is 8.70. The number of nitrogens with zero attached hydrogens (tertiary/aromatic N) is 3. The molecule has 0 aromatic carbocycles. The molecular formula is C18H18F3N5O. The van der Waals surface area contributed by atoms with Gasteiger partial charge in [0.1, 0.15) is 5.65 Å². The van der Waals surface area contributed by atoms with Gasteiger partial charge in [-0.3, -0.25) is 0 Å². The summed E-state index contributed by atoms with van der Waals surface area (Å²) in [4.78, 5) is 15.8. The van der Waals surface area contributed by atoms with Crippen molar-refractivity contribution in [3.63, 3.8) is 0 Å². The van der Waals surface area contributed by atoms with Crippen LogP contribution in [0, 0.1) is 0 Å². The van der Waals surface area contributed by atoms with Crippen molar-refractivity contribution in [3.05, 3.63) is 35.8 Å². The molecule has 9 heteroatoms. The summed E-state index contributed by atoms with van der Waals surface area (Å²) in [6, 6.07) is 1.24. The van der Waals surface area contributed by atoms with E-state index in [1.807, 2.05) is 6.92 Å². The van der Waals surface area contributed by atoms with E-state index in [2.05, 4.69) is 25.3 Å². The Morgan fingerprint density at radius 3 is 2.85 bits per heavy atom. The second-order valence-corrected chi connectivity index (χ2v) is 6.45. The minimum absolute atomic E-state index is 0.131. The Bertz CT molecular complexity index is 963. The molecule has 3 aromatic rings. The van der Waals surface area contributed by atoms with E-state index in [1.54, 1.807) is 12.4 Å². The van der Waals surface area contributed by atoms with Crippen molar-refractivity contribution in [2.45, 2.75) is 32.0 Å². The molecule has 2 N–H and O–H groups in total. The predicted molar refractivity (Wildman–Crippen MR) is 94.3 cm³/mol. The molecule has 4 heterocycles. The number of nitrogens with one attached hydrogen (secondary N) is 2. The number of halogens is 3. The number of anilines is 1. The van der Waals surface area contributed by atoms with Gasteiger partial charge in [0.15, 0.2) is 0 Å². The third-order valence-electron chi connectivity index (χ3n) is 4.62. The SMILES string of the molecule is CCc1cnc(N[C@H]2CCOC2)nc1-c1c[nH]c2ncc(C(F)(F)F)cc12. The molecule has 3 aromatic heterocycles. The van der Waals surface area contributed by atoms with E-state index in [0.717, 1.165) is 24.2 Å². The standard InChI is InChI=1S/C18H18F3N5O/c1-2-10-6-24-17(25-12-3-4-27-9-12)26-15(10)14-8-23-16-13(14)5-11(7-22-16)18(19,20)21/h5-8,12H,2-4,9H2,1H3,(H,22,23)(H,24,25,26)/t12-/m0/s1. The molecule has 0 amide bonds. The lowest BCUT2D eigenvalue weighted by atomic mass is 10.0. The van der Waals surface area contributed by atoms with Crippen LogP contribution in [0.5, 0.6) is 0 Å². The Morgan fingerprint density at radius 2 is 2.15 bits per heavy atom. The molecule has 1 atom stereocenters. The molecular weight excluding hydrogens is 359 g/mol. The summed E-state index contributed by atoms with van der Waals surface area (Å²) in [5.74, 6) is 0.437. The average molecular weight is 377 g/mol. The molecule has 1 aliphatic heterocycles. The molecule has 0 bridgehead atoms. The molecule has 1 aliphatic rings. The Balaban J connectivity index is 1.79. The molecule has 0 unspecified atom stereocenters. The van der Waals surface area contributed by atoms with Gasteiger partial charge in [-0.05, 0) is 24.5 Å². The first-order valence-corrected chi connectivity index (χ1v) is 8.70. The van der Waals surface area contributed by atoms with Crippen molar-refractivity contribution in [1.29, 1.82) is 0 Å². The van der Waals surface area contributed by atoms with Crippen LogP contribution in [0.25, 0.3) is 22.3 Å². The summed E-state index contributed by atoms with van der Waals surface area (Å²) in [5.41, 5.74) is 1.62. The highest BCUT2D eigenvalue weighted by molar-refractivity contribution is 5.93. The van der Waals surface area contributed by atoms with Gasteiger partial charge in [0, 0.05) is 36.1 Å². The number of aryl methyl sites for hydroxylation is 1. The third-order valence-corrected chi connectivity index (χ3v) is 4.62. The number of aromatic amines is 1. The molecule has 27 heavy (non-hydrogen) atoms. The van der Waals surface area contributed by atoms with E-state index in [0.29, 0.717) is 47.9 Å². The van der Waals surface area contributed by atoms with Gasteiger partial charge >= 0.3 is 6.18 Å². The van der Waals surface area contributed by atoms with E-state index in [1.165, 1.54) is 0 Å². The molecule has 6 nitrogen and oxygen atoms in total. The highest BCUT2D eigenvalue weighted by Gasteiger charge is 2.31. The summed E-state index contributed by atoms with van der Waals surface area (Å²) < 4.78 is 44.6. The zero-order chi connectivity index (χ0) is 19.0. The number of ether oxygens (including phenoxy) is 1. The molecule has 0 spiro atoms. The van der Waals surface area contributed by atoms with Crippen LogP contribution in [0.1, 0.15) is 24.5 Å². The molecule has 4 rings (SSSR count). The Morgan fingerprint density at radius 1 is 1.30 bits per heavy atom. The molecule has 0 radical (unpaired) electrons. The Kier molecular flexibility index (Phi) is 4.47. The normalized spacial score (nSPS) is 17.6. The van der Waals surface area contributed by atoms with Crippen molar-refractivity contribution in [2.24, 2.45) is 0 Å². The minimum Gasteiger partial charge on any atom is -0.379 e. The Hall–Kier alpha value is -2.68. The quantitative estimate of drug-likeness (QED) is 0.723. The number of aromatic nitrogens is 4. The number of alkyl halides is 3. The molecule has 0 aliphatic carbocycles. The topological polar surface area (TPSA) is 75.7 Å². The van der Waals surface area contributed by atoms with Gasteiger partial charge in [0.25, 0.3) is 0 Å². The lowest BCUT2D eigenvalue weighted by Gasteiger charge is -2.13. The van der Waals surface area contributed by atoms with E-state index < -0.39 is 11.7 Å². The smallest absolute Gasteiger partial charge is 0.379 e. The van der Waals surface area contributed by atoms with Crippen LogP contribution in [0.2, 0.25) is 0 Å². The summed E-state index contributed by atoms with van der Waals surface area (Å²) in [6.45, 7) is 3.22. The Labute approximate surface area is 153 Å². The number of rotatable bonds is 4. The summed E-state index contributed by atoms with van der Waals surface area (Å²) in [7, 11) is 0. The van der Waals surface area contributed by atoms with Crippen LogP contribution >= 0.6 is 0 Å². The van der Waals surface area contributed by atoms with Crippen LogP contribution in [-0.4, -0.2) is 39.2 Å². The van der Waals surface area contributed by atoms with Crippen molar-refractivity contribution in [1.82, 2.24) is 19.9 Å². The average Bonchev–Trinajstić information content (AvgIpc) is 3.29. The molecule has 1 fully saturated rings. The lowest BCUT2D eigenvalue weighted by molar-refractivity contribution is -0.137. The van der Waals surface area contributed by atoms with Gasteiger partial charge in [-0.1, -0.05) is 6.92 Å². The van der Waals surface area contributed by atoms with Crippen LogP contribution < -0.4 is 5.32 Å². The van der Waals surface area contributed by atoms with Crippen molar-refractivity contribution >= 4 is 17.0 Å². The van der Waals surface area contributed by atoms with Crippen molar-refractivity contribution in [3.8, 4) is 11.3 Å². The largest absolute Gasteiger partial charge is 0.417 e. The second kappa shape index (κ2) is 6.80. The summed E-state index contributed by atoms with van der Waals surface area (Å²) in [5, 5.41) is 3.61. The molecule has 0 saturated carbocycles. The van der Waals surface area contributed by atoms with Gasteiger partial charge in [0.05, 0.1) is 23.9 Å². The first-order chi connectivity index (χ1) is 13.0. The number of fused-ring (bicyclic) bond motifs is 1. The summed E-state index contributed by atoms with van der Waals surface area (Å²) >= 11 is 0. The van der Waals surface area contributed by atoms with Crippen LogP contribution in [-0.2, 0) is 17.3 Å². The third kappa shape index (κ3) is 3.46. The van der Waals surface area contributed by atoms with Gasteiger partial charge in [-0.25, -0.2) is 15.0 Å². The fourth-order valence-corrected chi connectivity index (χ4v) is 3.15. The van der Waals surface area contributed by atoms with Crippen LogP contribution in [0.4, 0.5) is 19.1 Å². The van der Waals surface area contributed by atoms with Crippen LogP contribution in [0.15, 0.2) is 24.7 Å². The maximum Gasteiger partial charge on any atom is 0.417 e. The van der Waals surface area contributed by atoms with E-state index in [4.69, 9.17) is 4.74 Å². The van der Waals surface area contributed by atoms with E-state index in [-0.39, 0.29) is 6.04 Å². The lowest BCUT2D eigenvalue weighted by Crippen LogP contribution is -2.20. The fourth-order valence-electron chi connectivity index (χ4n) is 3.15. The zero-order valence-electron chi connectivity index (χ0n) is 14.6. The summed E-state index contributed by atoms with van der Waals surface area (Å²) in [6.07, 6.45) is 1.24. The highest BCUT2D eigenvalue weighted by Crippen LogP contribution is 2.35. The van der Waals surface area contributed by atoms with E-state index in [9.17, 15) is 13.2 Å². The monoisotopic (exact) mass is 377 g/mol. The number of hydrogen-bond donors (Lipinski definition) is 2. The first kappa shape index (κ1) is 17.7. The number of hydrogen-bond acceptors (Lipinski definition) is 5. The van der Waals surface area contributed by atoms with Crippen LogP contribution in [0.3, 0.4) is 0 Å². The van der Waals surface area contributed by atoms with Gasteiger partial charge in [-0.15, -0.1) is 0 Å². The van der Waals surface area contributed by atoms with E-state index >= 15 is 0 Å². The van der Waals surface area contributed by atoms with Gasteiger partial charge < -0.3 is 15.0 Å². The molecule has 1 saturated heterocycles. The predicted octanol–water partition coefficient (Wildman–Crippen LogP) is 3.80. The minimum atomic E-state index is -4.45. The van der Waals surface area contributed by atoms with Gasteiger partial charge in [0.2, 0.25) is 5.95 Å². The molecule has 142 valence electrons.